The predicted octanol–water partition coefficient (Wildman–Crippen LogP) is 2.40. The Bertz CT molecular complexity index is 734. The minimum absolute atomic E-state index is 0.198. The number of anilines is 2. The van der Waals surface area contributed by atoms with Gasteiger partial charge in [-0.2, -0.15) is 5.10 Å². The van der Waals surface area contributed by atoms with Crippen LogP contribution in [0.2, 0.25) is 0 Å². The fraction of sp³-hybridized carbons (Fsp3) is 0. The number of carbonyl (C=O) groups is 1. The third-order valence-electron chi connectivity index (χ3n) is 2.85. The van der Waals surface area contributed by atoms with E-state index in [0.29, 0.717) is 17.1 Å². The Morgan fingerprint density at radius 2 is 1.95 bits per heavy atom. The van der Waals surface area contributed by atoms with Gasteiger partial charge in [-0.25, -0.2) is 0 Å². The number of hydrogen-bond acceptors (Lipinski definition) is 3. The Labute approximate surface area is 109 Å². The van der Waals surface area contributed by atoms with Gasteiger partial charge in [0.15, 0.2) is 5.82 Å². The first-order valence-corrected chi connectivity index (χ1v) is 5.84. The fourth-order valence-electron chi connectivity index (χ4n) is 1.90. The molecule has 4 N–H and O–H groups in total. The molecule has 0 aliphatic rings. The quantitative estimate of drug-likeness (QED) is 0.612. The van der Waals surface area contributed by atoms with Crippen LogP contribution in [-0.4, -0.2) is 16.1 Å². The van der Waals surface area contributed by atoms with Crippen LogP contribution in [0.1, 0.15) is 10.4 Å². The van der Waals surface area contributed by atoms with E-state index in [-0.39, 0.29) is 5.91 Å². The topological polar surface area (TPSA) is 83.8 Å². The Morgan fingerprint density at radius 3 is 2.74 bits per heavy atom. The molecule has 0 spiro atoms. The maximum Gasteiger partial charge on any atom is 0.256 e. The van der Waals surface area contributed by atoms with Crippen molar-refractivity contribution in [3.63, 3.8) is 0 Å². The van der Waals surface area contributed by atoms with E-state index in [9.17, 15) is 4.79 Å². The number of fused-ring (bicyclic) bond motifs is 1. The molecule has 0 atom stereocenters. The molecule has 0 saturated heterocycles. The number of H-pyrrole nitrogens is 1. The number of aromatic nitrogens is 2. The third-order valence-corrected chi connectivity index (χ3v) is 2.85. The smallest absolute Gasteiger partial charge is 0.256 e. The van der Waals surface area contributed by atoms with Crippen LogP contribution >= 0.6 is 0 Å². The highest BCUT2D eigenvalue weighted by atomic mass is 16.1. The summed E-state index contributed by atoms with van der Waals surface area (Å²) in [5.74, 6) is 0.285. The molecule has 5 nitrogen and oxygen atoms in total. The maximum atomic E-state index is 12.0. The average molecular weight is 252 g/mol. The van der Waals surface area contributed by atoms with E-state index in [2.05, 4.69) is 15.5 Å². The van der Waals surface area contributed by atoms with Crippen molar-refractivity contribution in [1.29, 1.82) is 0 Å². The highest BCUT2D eigenvalue weighted by Gasteiger charge is 2.10. The minimum atomic E-state index is -0.198. The third kappa shape index (κ3) is 2.13. The molecule has 3 aromatic rings. The molecule has 0 saturated carbocycles. The van der Waals surface area contributed by atoms with Gasteiger partial charge in [-0.1, -0.05) is 18.2 Å². The van der Waals surface area contributed by atoms with Gasteiger partial charge in [-0.3, -0.25) is 9.89 Å². The normalized spacial score (nSPS) is 10.5. The second-order valence-corrected chi connectivity index (χ2v) is 4.20. The Balaban J connectivity index is 1.94. The molecule has 5 heteroatoms. The fourth-order valence-corrected chi connectivity index (χ4v) is 1.90. The first-order chi connectivity index (χ1) is 9.24. The number of rotatable bonds is 2. The lowest BCUT2D eigenvalue weighted by atomic mass is 10.2. The van der Waals surface area contributed by atoms with Gasteiger partial charge in [0.2, 0.25) is 0 Å². The summed E-state index contributed by atoms with van der Waals surface area (Å²) in [5, 5.41) is 10.5. The number of nitrogens with zero attached hydrogens (tertiary/aromatic N) is 1. The largest absolute Gasteiger partial charge is 0.399 e. The van der Waals surface area contributed by atoms with Crippen LogP contribution in [0.3, 0.4) is 0 Å². The molecule has 0 unspecified atom stereocenters. The van der Waals surface area contributed by atoms with Crippen LogP contribution in [0.5, 0.6) is 0 Å². The first kappa shape index (κ1) is 11.3. The lowest BCUT2D eigenvalue weighted by Crippen LogP contribution is -2.12. The lowest BCUT2D eigenvalue weighted by Gasteiger charge is -2.02. The van der Waals surface area contributed by atoms with Crippen molar-refractivity contribution in [3.8, 4) is 0 Å². The monoisotopic (exact) mass is 252 g/mol. The summed E-state index contributed by atoms with van der Waals surface area (Å²) in [6.07, 6.45) is 0. The van der Waals surface area contributed by atoms with Crippen molar-refractivity contribution < 1.29 is 4.79 Å². The van der Waals surface area contributed by atoms with Crippen molar-refractivity contribution in [2.75, 3.05) is 11.1 Å². The standard InChI is InChI=1S/C14H12N4O/c15-10-6-7-12-11(8-10)13(18-17-12)16-14(19)9-4-2-1-3-5-9/h1-8H,15H2,(H2,16,17,18,19). The van der Waals surface area contributed by atoms with Gasteiger partial charge < -0.3 is 11.1 Å². The van der Waals surface area contributed by atoms with E-state index in [1.807, 2.05) is 24.3 Å². The molecule has 0 aliphatic heterocycles. The number of nitrogen functional groups attached to an aromatic ring is 1. The van der Waals surface area contributed by atoms with Gasteiger partial charge in [0.1, 0.15) is 0 Å². The molecule has 19 heavy (non-hydrogen) atoms. The number of nitrogens with one attached hydrogen (secondary N) is 2. The van der Waals surface area contributed by atoms with Crippen LogP contribution in [0, 0.1) is 0 Å². The van der Waals surface area contributed by atoms with Crippen molar-refractivity contribution in [2.24, 2.45) is 0 Å². The van der Waals surface area contributed by atoms with Crippen LogP contribution in [-0.2, 0) is 0 Å². The van der Waals surface area contributed by atoms with E-state index in [1.54, 1.807) is 24.3 Å². The van der Waals surface area contributed by atoms with Crippen molar-refractivity contribution in [2.45, 2.75) is 0 Å². The van der Waals surface area contributed by atoms with E-state index in [4.69, 9.17) is 5.73 Å². The van der Waals surface area contributed by atoms with Gasteiger partial charge in [0, 0.05) is 16.6 Å². The molecule has 0 aliphatic carbocycles. The van der Waals surface area contributed by atoms with Crippen LogP contribution in [0.4, 0.5) is 11.5 Å². The molecular weight excluding hydrogens is 240 g/mol. The second kappa shape index (κ2) is 4.45. The summed E-state index contributed by atoms with van der Waals surface area (Å²) >= 11 is 0. The summed E-state index contributed by atoms with van der Waals surface area (Å²) in [5.41, 5.74) is 7.79. The second-order valence-electron chi connectivity index (χ2n) is 4.20. The summed E-state index contributed by atoms with van der Waals surface area (Å²) in [4.78, 5) is 12.0. The molecule has 0 bridgehead atoms. The number of nitrogens with two attached hydrogens (primary N) is 1. The number of aromatic amines is 1. The van der Waals surface area contributed by atoms with Crippen LogP contribution < -0.4 is 11.1 Å². The Morgan fingerprint density at radius 1 is 1.16 bits per heavy atom. The van der Waals surface area contributed by atoms with E-state index in [1.165, 1.54) is 0 Å². The molecule has 94 valence electrons. The zero-order valence-corrected chi connectivity index (χ0v) is 10.1. The number of hydrogen-bond donors (Lipinski definition) is 3. The SMILES string of the molecule is Nc1ccc2[nH]nc(NC(=O)c3ccccc3)c2c1. The highest BCUT2D eigenvalue weighted by Crippen LogP contribution is 2.23. The van der Waals surface area contributed by atoms with Gasteiger partial charge in [-0.15, -0.1) is 0 Å². The van der Waals surface area contributed by atoms with E-state index < -0.39 is 0 Å². The van der Waals surface area contributed by atoms with Gasteiger partial charge in [0.25, 0.3) is 5.91 Å². The molecule has 3 rings (SSSR count). The average Bonchev–Trinajstić information content (AvgIpc) is 2.82. The lowest BCUT2D eigenvalue weighted by molar-refractivity contribution is 0.102. The summed E-state index contributed by atoms with van der Waals surface area (Å²) in [7, 11) is 0. The zero-order chi connectivity index (χ0) is 13.2. The van der Waals surface area contributed by atoms with Crippen molar-refractivity contribution in [3.05, 3.63) is 54.1 Å². The summed E-state index contributed by atoms with van der Waals surface area (Å²) < 4.78 is 0. The minimum Gasteiger partial charge on any atom is -0.399 e. The van der Waals surface area contributed by atoms with Gasteiger partial charge in [-0.05, 0) is 30.3 Å². The number of amides is 1. The number of benzene rings is 2. The van der Waals surface area contributed by atoms with Gasteiger partial charge in [0.05, 0.1) is 5.52 Å². The molecule has 1 amide bonds. The Hall–Kier alpha value is -2.82. The highest BCUT2D eigenvalue weighted by molar-refractivity contribution is 6.08. The molecule has 1 aromatic heterocycles. The van der Waals surface area contributed by atoms with Gasteiger partial charge >= 0.3 is 0 Å². The molecule has 2 aromatic carbocycles. The zero-order valence-electron chi connectivity index (χ0n) is 10.1. The first-order valence-electron chi connectivity index (χ1n) is 5.84. The molecular formula is C14H12N4O. The molecule has 0 radical (unpaired) electrons. The maximum absolute atomic E-state index is 12.0. The molecule has 0 fully saturated rings. The Kier molecular flexibility index (Phi) is 2.64. The number of carbonyl (C=O) groups excluding carboxylic acids is 1. The van der Waals surface area contributed by atoms with Crippen LogP contribution in [0.15, 0.2) is 48.5 Å². The summed E-state index contributed by atoms with van der Waals surface area (Å²) in [6, 6.07) is 14.4. The van der Waals surface area contributed by atoms with E-state index in [0.717, 1.165) is 10.9 Å². The predicted molar refractivity (Wildman–Crippen MR) is 74.9 cm³/mol. The van der Waals surface area contributed by atoms with Crippen molar-refractivity contribution in [1.82, 2.24) is 10.2 Å². The molecule has 1 heterocycles. The van der Waals surface area contributed by atoms with Crippen molar-refractivity contribution >= 4 is 28.3 Å². The van der Waals surface area contributed by atoms with Crippen LogP contribution in [0.25, 0.3) is 10.9 Å². The summed E-state index contributed by atoms with van der Waals surface area (Å²) in [6.45, 7) is 0. The van der Waals surface area contributed by atoms with E-state index >= 15 is 0 Å².